The van der Waals surface area contributed by atoms with E-state index in [9.17, 15) is 14.0 Å². The van der Waals surface area contributed by atoms with Gasteiger partial charge in [0.2, 0.25) is 5.95 Å². The summed E-state index contributed by atoms with van der Waals surface area (Å²) in [5.41, 5.74) is 4.55. The Morgan fingerprint density at radius 1 is 0.884 bits per heavy atom. The van der Waals surface area contributed by atoms with Crippen LogP contribution in [0.4, 0.5) is 16.0 Å². The van der Waals surface area contributed by atoms with E-state index < -0.39 is 0 Å². The molecule has 0 saturated carbocycles. The lowest BCUT2D eigenvalue weighted by atomic mass is 10.1. The molecule has 2 heterocycles. The number of hydrogen-bond acceptors (Lipinski definition) is 6. The van der Waals surface area contributed by atoms with E-state index in [-0.39, 0.29) is 23.2 Å². The second-order valence-electron chi connectivity index (χ2n) is 11.0. The molecular weight excluding hydrogens is 547 g/mol. The quantitative estimate of drug-likeness (QED) is 0.193. The van der Waals surface area contributed by atoms with Crippen LogP contribution in [-0.2, 0) is 6.54 Å². The van der Waals surface area contributed by atoms with Crippen molar-refractivity contribution in [1.82, 2.24) is 25.2 Å². The van der Waals surface area contributed by atoms with Gasteiger partial charge in [-0.2, -0.15) is 4.98 Å². The van der Waals surface area contributed by atoms with Crippen molar-refractivity contribution >= 4 is 29.1 Å². The maximum atomic E-state index is 13.1. The van der Waals surface area contributed by atoms with E-state index in [1.807, 2.05) is 58.2 Å². The molecule has 10 heteroatoms. The van der Waals surface area contributed by atoms with E-state index in [2.05, 4.69) is 26.0 Å². The minimum absolute atomic E-state index is 0.183. The first-order valence-corrected chi connectivity index (χ1v) is 13.9. The van der Waals surface area contributed by atoms with Crippen molar-refractivity contribution in [2.75, 3.05) is 11.9 Å². The van der Waals surface area contributed by atoms with Gasteiger partial charge in [0.05, 0.1) is 12.3 Å². The van der Waals surface area contributed by atoms with Crippen LogP contribution in [0.15, 0.2) is 85.1 Å². The Hall–Kier alpha value is -5.25. The third kappa shape index (κ3) is 7.34. The van der Waals surface area contributed by atoms with Crippen LogP contribution in [0.25, 0.3) is 16.8 Å². The van der Waals surface area contributed by atoms with Crippen LogP contribution in [0.2, 0.25) is 0 Å². The maximum Gasteiger partial charge on any atom is 0.251 e. The Balaban J connectivity index is 1.28. The number of benzene rings is 3. The Morgan fingerprint density at radius 2 is 1.58 bits per heavy atom. The van der Waals surface area contributed by atoms with E-state index in [0.29, 0.717) is 47.3 Å². The van der Waals surface area contributed by atoms with Crippen LogP contribution >= 0.6 is 0 Å². The average Bonchev–Trinajstić information content (AvgIpc) is 3.38. The lowest BCUT2D eigenvalue weighted by molar-refractivity contribution is 0.0917. The van der Waals surface area contributed by atoms with Gasteiger partial charge in [-0.25, -0.2) is 8.91 Å². The average molecular weight is 581 g/mol. The maximum absolute atomic E-state index is 13.1. The van der Waals surface area contributed by atoms with Crippen molar-refractivity contribution in [3.63, 3.8) is 0 Å². The molecule has 0 aliphatic heterocycles. The Bertz CT molecular complexity index is 1760. The third-order valence-electron chi connectivity index (χ3n) is 6.46. The normalized spacial score (nSPS) is 11.3. The first-order chi connectivity index (χ1) is 20.6. The van der Waals surface area contributed by atoms with Gasteiger partial charge in [0, 0.05) is 35.0 Å². The van der Waals surface area contributed by atoms with Crippen LogP contribution in [0.3, 0.4) is 0 Å². The predicted molar refractivity (Wildman–Crippen MR) is 164 cm³/mol. The molecule has 5 aromatic rings. The smallest absolute Gasteiger partial charge is 0.251 e. The van der Waals surface area contributed by atoms with Crippen LogP contribution in [0.1, 0.15) is 54.0 Å². The largest absolute Gasteiger partial charge is 0.492 e. The monoisotopic (exact) mass is 580 g/mol. The number of ether oxygens (including phenoxy) is 1. The van der Waals surface area contributed by atoms with E-state index >= 15 is 0 Å². The zero-order valence-electron chi connectivity index (χ0n) is 24.4. The number of halogens is 1. The number of carbonyl (C=O) groups excluding carboxylic acids is 2. The minimum Gasteiger partial charge on any atom is -0.492 e. The number of pyridine rings is 1. The molecular formula is C33H33FN6O3. The first-order valence-electron chi connectivity index (χ1n) is 13.9. The van der Waals surface area contributed by atoms with Gasteiger partial charge in [0.25, 0.3) is 11.8 Å². The number of amides is 2. The SMILES string of the molecule is CCOc1cc(C(=O)NC(C)(C)C)ccc1Nc1nc2ccc(-c3ccc(C(=O)NCc4ccc(F)cc4)cc3)cn2n1. The molecule has 0 fully saturated rings. The van der Waals surface area contributed by atoms with Crippen molar-refractivity contribution in [2.24, 2.45) is 0 Å². The molecule has 2 amide bonds. The molecule has 0 saturated heterocycles. The molecule has 0 bridgehead atoms. The molecule has 0 atom stereocenters. The molecule has 0 aliphatic carbocycles. The molecule has 3 N–H and O–H groups in total. The van der Waals surface area contributed by atoms with Crippen LogP contribution in [0.5, 0.6) is 5.75 Å². The third-order valence-corrected chi connectivity index (χ3v) is 6.46. The number of carbonyl (C=O) groups is 2. The van der Waals surface area contributed by atoms with Crippen molar-refractivity contribution in [2.45, 2.75) is 39.8 Å². The van der Waals surface area contributed by atoms with E-state index in [4.69, 9.17) is 4.74 Å². The van der Waals surface area contributed by atoms with Crippen molar-refractivity contribution < 1.29 is 18.7 Å². The molecule has 0 unspecified atom stereocenters. The standard InChI is InChI=1S/C33H33FN6O3/c1-5-43-28-18-24(31(42)38-33(2,3)4)12-16-27(28)36-32-37-29-17-13-25(20-40(29)39-32)22-8-10-23(11-9-22)30(41)35-19-21-6-14-26(34)15-7-21/h6-18,20H,5,19H2,1-4H3,(H,35,41)(H,36,39)(H,38,42). The summed E-state index contributed by atoms with van der Waals surface area (Å²) < 4.78 is 20.6. The Morgan fingerprint density at radius 3 is 2.28 bits per heavy atom. The number of rotatable bonds is 9. The molecule has 220 valence electrons. The fourth-order valence-electron chi connectivity index (χ4n) is 4.38. The molecule has 0 radical (unpaired) electrons. The highest BCUT2D eigenvalue weighted by atomic mass is 19.1. The van der Waals surface area contributed by atoms with Crippen molar-refractivity contribution in [3.05, 3.63) is 108 Å². The lowest BCUT2D eigenvalue weighted by Crippen LogP contribution is -2.40. The second-order valence-corrected chi connectivity index (χ2v) is 11.0. The van der Waals surface area contributed by atoms with Gasteiger partial charge < -0.3 is 20.7 Å². The fourth-order valence-corrected chi connectivity index (χ4v) is 4.38. The molecule has 0 aliphatic rings. The van der Waals surface area contributed by atoms with E-state index in [1.165, 1.54) is 12.1 Å². The molecule has 2 aromatic heterocycles. The number of anilines is 2. The van der Waals surface area contributed by atoms with Crippen molar-refractivity contribution in [3.8, 4) is 16.9 Å². The number of hydrogen-bond donors (Lipinski definition) is 3. The lowest BCUT2D eigenvalue weighted by Gasteiger charge is -2.21. The molecule has 3 aromatic carbocycles. The van der Waals surface area contributed by atoms with Gasteiger partial charge in [-0.3, -0.25) is 9.59 Å². The van der Waals surface area contributed by atoms with Crippen LogP contribution < -0.4 is 20.7 Å². The highest BCUT2D eigenvalue weighted by molar-refractivity contribution is 5.96. The second kappa shape index (κ2) is 12.3. The van der Waals surface area contributed by atoms with Gasteiger partial charge >= 0.3 is 0 Å². The fraction of sp³-hybridized carbons (Fsp3) is 0.212. The summed E-state index contributed by atoms with van der Waals surface area (Å²) in [6.45, 7) is 8.40. The zero-order chi connectivity index (χ0) is 30.6. The summed E-state index contributed by atoms with van der Waals surface area (Å²) in [5, 5.41) is 13.6. The number of aromatic nitrogens is 3. The molecule has 5 rings (SSSR count). The summed E-state index contributed by atoms with van der Waals surface area (Å²) >= 11 is 0. The van der Waals surface area contributed by atoms with Crippen LogP contribution in [-0.4, -0.2) is 38.6 Å². The van der Waals surface area contributed by atoms with Crippen LogP contribution in [0, 0.1) is 5.82 Å². The number of fused-ring (bicyclic) bond motifs is 1. The summed E-state index contributed by atoms with van der Waals surface area (Å²) in [5.74, 6) is 0.180. The molecule has 0 spiro atoms. The molecule has 9 nitrogen and oxygen atoms in total. The summed E-state index contributed by atoms with van der Waals surface area (Å²) in [6, 6.07) is 22.3. The van der Waals surface area contributed by atoms with Gasteiger partial charge in [-0.05, 0) is 93.4 Å². The van der Waals surface area contributed by atoms with Gasteiger partial charge in [-0.1, -0.05) is 24.3 Å². The highest BCUT2D eigenvalue weighted by Gasteiger charge is 2.18. The number of nitrogens with zero attached hydrogens (tertiary/aromatic N) is 3. The van der Waals surface area contributed by atoms with Gasteiger partial charge in [-0.15, -0.1) is 5.10 Å². The Kier molecular flexibility index (Phi) is 8.38. The summed E-state index contributed by atoms with van der Waals surface area (Å²) in [7, 11) is 0. The van der Waals surface area contributed by atoms with E-state index in [1.54, 1.807) is 47.0 Å². The Labute approximate surface area is 249 Å². The molecule has 43 heavy (non-hydrogen) atoms. The minimum atomic E-state index is -0.359. The van der Waals surface area contributed by atoms with Gasteiger partial charge in [0.15, 0.2) is 5.65 Å². The predicted octanol–water partition coefficient (Wildman–Crippen LogP) is 6.14. The summed E-state index contributed by atoms with van der Waals surface area (Å²) in [4.78, 5) is 29.8. The highest BCUT2D eigenvalue weighted by Crippen LogP contribution is 2.29. The van der Waals surface area contributed by atoms with Crippen molar-refractivity contribution in [1.29, 1.82) is 0 Å². The first kappa shape index (κ1) is 29.2. The van der Waals surface area contributed by atoms with Gasteiger partial charge in [0.1, 0.15) is 11.6 Å². The zero-order valence-corrected chi connectivity index (χ0v) is 24.4. The topological polar surface area (TPSA) is 110 Å². The number of nitrogens with one attached hydrogen (secondary N) is 3. The van der Waals surface area contributed by atoms with E-state index in [0.717, 1.165) is 16.7 Å². The summed E-state index contributed by atoms with van der Waals surface area (Å²) in [6.07, 6.45) is 1.86.